The summed E-state index contributed by atoms with van der Waals surface area (Å²) in [7, 11) is 1.78. The molecule has 0 aromatic heterocycles. The van der Waals surface area contributed by atoms with Gasteiger partial charge in [0.15, 0.2) is 5.96 Å². The van der Waals surface area contributed by atoms with Crippen LogP contribution in [0.1, 0.15) is 72.6 Å². The highest BCUT2D eigenvalue weighted by Gasteiger charge is 2.42. The Balaban J connectivity index is 0.00000363. The monoisotopic (exact) mass is 564 g/mol. The summed E-state index contributed by atoms with van der Waals surface area (Å²) in [5.41, 5.74) is -0.0984. The number of amides is 1. The van der Waals surface area contributed by atoms with Crippen molar-refractivity contribution in [1.82, 2.24) is 15.1 Å². The number of carbonyl (C=O) groups is 1. The summed E-state index contributed by atoms with van der Waals surface area (Å²) >= 11 is 0. The fourth-order valence-electron chi connectivity index (χ4n) is 4.31. The van der Waals surface area contributed by atoms with Gasteiger partial charge in [-0.15, -0.1) is 24.0 Å². The Kier molecular flexibility index (Phi) is 10.4. The summed E-state index contributed by atoms with van der Waals surface area (Å²) in [4.78, 5) is 22.3. The van der Waals surface area contributed by atoms with Crippen molar-refractivity contribution in [2.45, 2.75) is 84.3 Å². The van der Waals surface area contributed by atoms with Gasteiger partial charge in [-0.2, -0.15) is 0 Å². The van der Waals surface area contributed by atoms with E-state index < -0.39 is 5.60 Å². The predicted molar refractivity (Wildman–Crippen MR) is 140 cm³/mol. The van der Waals surface area contributed by atoms with Crippen LogP contribution >= 0.6 is 24.0 Å². The first-order valence-electron chi connectivity index (χ1n) is 12.3. The van der Waals surface area contributed by atoms with E-state index in [1.165, 1.54) is 25.7 Å². The average molecular weight is 565 g/mol. The molecule has 0 aromatic carbocycles. The van der Waals surface area contributed by atoms with Crippen LogP contribution in [0.4, 0.5) is 4.79 Å². The molecule has 3 aliphatic rings. The van der Waals surface area contributed by atoms with Crippen molar-refractivity contribution in [2.75, 3.05) is 46.4 Å². The average Bonchev–Trinajstić information content (AvgIpc) is 3.64. The molecular weight excluding hydrogens is 519 g/mol. The third-order valence-corrected chi connectivity index (χ3v) is 6.68. The van der Waals surface area contributed by atoms with Crippen LogP contribution in [0.15, 0.2) is 4.99 Å². The van der Waals surface area contributed by atoms with Gasteiger partial charge in [0.2, 0.25) is 0 Å². The lowest BCUT2D eigenvalue weighted by Crippen LogP contribution is -2.52. The number of aliphatic imine (C=N–C) groups is 1. The van der Waals surface area contributed by atoms with Gasteiger partial charge in [-0.3, -0.25) is 4.99 Å². The van der Waals surface area contributed by atoms with Gasteiger partial charge in [0, 0.05) is 52.5 Å². The van der Waals surface area contributed by atoms with E-state index in [-0.39, 0.29) is 36.1 Å². The minimum absolute atomic E-state index is 0. The van der Waals surface area contributed by atoms with E-state index >= 15 is 0 Å². The number of methoxy groups -OCH3 is 1. The number of rotatable bonds is 9. The number of guanidine groups is 1. The second kappa shape index (κ2) is 12.1. The molecular formula is C24H45IN4O3. The number of nitrogens with one attached hydrogen (secondary N) is 1. The van der Waals surface area contributed by atoms with Gasteiger partial charge < -0.3 is 24.6 Å². The van der Waals surface area contributed by atoms with Gasteiger partial charge in [0.1, 0.15) is 5.60 Å². The minimum Gasteiger partial charge on any atom is -0.444 e. The Hall–Kier alpha value is -0.770. The number of halogens is 1. The van der Waals surface area contributed by atoms with Gasteiger partial charge in [0.25, 0.3) is 0 Å². The maximum absolute atomic E-state index is 12.9. The lowest BCUT2D eigenvalue weighted by Gasteiger charge is -2.40. The van der Waals surface area contributed by atoms with E-state index in [1.807, 2.05) is 25.7 Å². The van der Waals surface area contributed by atoms with E-state index in [2.05, 4.69) is 17.1 Å². The normalized spacial score (nSPS) is 21.0. The second-order valence-corrected chi connectivity index (χ2v) is 10.7. The summed E-state index contributed by atoms with van der Waals surface area (Å²) in [6, 6.07) is 0.256. The third kappa shape index (κ3) is 8.54. The molecule has 1 heterocycles. The SMILES string of the molecule is CCNC(=NCC1(CCOC)CC1)N1CCC(N(CC2CC2)C(=O)OC(C)(C)C)CC1.I. The molecule has 7 nitrogen and oxygen atoms in total. The number of likely N-dealkylation sites (tertiary alicyclic amines) is 1. The molecule has 1 amide bonds. The summed E-state index contributed by atoms with van der Waals surface area (Å²) in [5, 5.41) is 3.49. The molecule has 1 saturated heterocycles. The first-order chi connectivity index (χ1) is 14.8. The Morgan fingerprint density at radius 3 is 2.34 bits per heavy atom. The highest BCUT2D eigenvalue weighted by atomic mass is 127. The van der Waals surface area contributed by atoms with E-state index in [9.17, 15) is 4.79 Å². The molecule has 0 bridgehead atoms. The lowest BCUT2D eigenvalue weighted by atomic mass is 10.0. The molecule has 2 saturated carbocycles. The molecule has 3 fully saturated rings. The highest BCUT2D eigenvalue weighted by Crippen LogP contribution is 2.49. The zero-order valence-electron chi connectivity index (χ0n) is 20.8. The summed E-state index contributed by atoms with van der Waals surface area (Å²) in [6.45, 7) is 13.2. The Labute approximate surface area is 212 Å². The van der Waals surface area contributed by atoms with Gasteiger partial charge in [-0.1, -0.05) is 0 Å². The maximum atomic E-state index is 12.9. The number of piperidine rings is 1. The molecule has 3 rings (SSSR count). The topological polar surface area (TPSA) is 66.4 Å². The summed E-state index contributed by atoms with van der Waals surface area (Å²) in [5.74, 6) is 1.68. The Morgan fingerprint density at radius 2 is 1.84 bits per heavy atom. The fraction of sp³-hybridized carbons (Fsp3) is 0.917. The predicted octanol–water partition coefficient (Wildman–Crippen LogP) is 4.50. The van der Waals surface area contributed by atoms with Crippen molar-refractivity contribution in [3.63, 3.8) is 0 Å². The van der Waals surface area contributed by atoms with Gasteiger partial charge in [0.05, 0.1) is 0 Å². The van der Waals surface area contributed by atoms with Crippen LogP contribution in [0.25, 0.3) is 0 Å². The number of ether oxygens (including phenoxy) is 2. The Bertz CT molecular complexity index is 621. The first kappa shape index (κ1) is 27.5. The number of carbonyl (C=O) groups excluding carboxylic acids is 1. The molecule has 0 radical (unpaired) electrons. The van der Waals surface area contributed by atoms with Crippen molar-refractivity contribution in [1.29, 1.82) is 0 Å². The second-order valence-electron chi connectivity index (χ2n) is 10.7. The molecule has 186 valence electrons. The highest BCUT2D eigenvalue weighted by molar-refractivity contribution is 14.0. The quantitative estimate of drug-likeness (QED) is 0.254. The summed E-state index contributed by atoms with van der Waals surface area (Å²) in [6.07, 6.45) is 7.87. The molecule has 8 heteroatoms. The van der Waals surface area contributed by atoms with Crippen LogP contribution < -0.4 is 5.32 Å². The lowest BCUT2D eigenvalue weighted by molar-refractivity contribution is 0.00928. The number of hydrogen-bond acceptors (Lipinski definition) is 4. The van der Waals surface area contributed by atoms with Gasteiger partial charge in [-0.25, -0.2) is 4.79 Å². The molecule has 0 atom stereocenters. The van der Waals surface area contributed by atoms with Crippen LogP contribution in [0.5, 0.6) is 0 Å². The van der Waals surface area contributed by atoms with E-state index in [1.54, 1.807) is 7.11 Å². The zero-order valence-corrected chi connectivity index (χ0v) is 23.2. The molecule has 0 spiro atoms. The number of hydrogen-bond donors (Lipinski definition) is 1. The van der Waals surface area contributed by atoms with Crippen molar-refractivity contribution >= 4 is 36.0 Å². The Morgan fingerprint density at radius 1 is 1.19 bits per heavy atom. The van der Waals surface area contributed by atoms with Gasteiger partial charge >= 0.3 is 6.09 Å². The number of nitrogens with zero attached hydrogens (tertiary/aromatic N) is 3. The van der Waals surface area contributed by atoms with Crippen LogP contribution in [0.2, 0.25) is 0 Å². The maximum Gasteiger partial charge on any atom is 0.410 e. The van der Waals surface area contributed by atoms with Crippen LogP contribution in [-0.2, 0) is 9.47 Å². The minimum atomic E-state index is -0.452. The zero-order chi connectivity index (χ0) is 22.5. The van der Waals surface area contributed by atoms with E-state index in [0.717, 1.165) is 64.6 Å². The van der Waals surface area contributed by atoms with Crippen LogP contribution in [0, 0.1) is 11.3 Å². The fourth-order valence-corrected chi connectivity index (χ4v) is 4.31. The van der Waals surface area contributed by atoms with E-state index in [0.29, 0.717) is 11.3 Å². The van der Waals surface area contributed by atoms with Crippen LogP contribution in [-0.4, -0.2) is 79.9 Å². The summed E-state index contributed by atoms with van der Waals surface area (Å²) < 4.78 is 11.0. The van der Waals surface area contributed by atoms with Crippen molar-refractivity contribution in [3.05, 3.63) is 0 Å². The standard InChI is InChI=1S/C24H44N4O3.HI/c1-6-25-21(26-18-24(11-12-24)13-16-30-5)27-14-9-20(10-15-27)28(17-19-7-8-19)22(29)31-23(2,3)4;/h19-20H,6-18H2,1-5H3,(H,25,26);1H. The largest absolute Gasteiger partial charge is 0.444 e. The molecule has 2 aliphatic carbocycles. The smallest absolute Gasteiger partial charge is 0.410 e. The van der Waals surface area contributed by atoms with Crippen molar-refractivity contribution in [3.8, 4) is 0 Å². The van der Waals surface area contributed by atoms with Crippen LogP contribution in [0.3, 0.4) is 0 Å². The van der Waals surface area contributed by atoms with E-state index in [4.69, 9.17) is 14.5 Å². The molecule has 1 aliphatic heterocycles. The van der Waals surface area contributed by atoms with Crippen molar-refractivity contribution in [2.24, 2.45) is 16.3 Å². The van der Waals surface area contributed by atoms with Crippen molar-refractivity contribution < 1.29 is 14.3 Å². The first-order valence-corrected chi connectivity index (χ1v) is 12.3. The molecule has 1 N–H and O–H groups in total. The third-order valence-electron chi connectivity index (χ3n) is 6.68. The molecule has 32 heavy (non-hydrogen) atoms. The molecule has 0 aromatic rings. The molecule has 0 unspecified atom stereocenters. The van der Waals surface area contributed by atoms with Gasteiger partial charge in [-0.05, 0) is 84.0 Å².